The molecule has 0 aromatic carbocycles. The summed E-state index contributed by atoms with van der Waals surface area (Å²) in [5.74, 6) is 1.33. The minimum atomic E-state index is -0.0105. The lowest BCUT2D eigenvalue weighted by atomic mass is 9.88. The van der Waals surface area contributed by atoms with Crippen molar-refractivity contribution in [2.24, 2.45) is 16.8 Å². The van der Waals surface area contributed by atoms with Crippen LogP contribution in [0.1, 0.15) is 98.8 Å². The summed E-state index contributed by atoms with van der Waals surface area (Å²) in [5, 5.41) is 0.926. The number of Topliss-reactive ketones (excluding diaryl/α,β-unsaturated/α-hetero) is 1. The molecule has 0 bridgehead atoms. The first-order valence-corrected chi connectivity index (χ1v) is 13.1. The maximum absolute atomic E-state index is 13.2. The molecule has 0 saturated carbocycles. The van der Waals surface area contributed by atoms with Gasteiger partial charge in [0.1, 0.15) is 12.1 Å². The van der Waals surface area contributed by atoms with Crippen LogP contribution in [0.4, 0.5) is 0 Å². The molecule has 180 valence electrons. The largest absolute Gasteiger partial charge is 0.339 e. The van der Waals surface area contributed by atoms with Crippen LogP contribution in [0.15, 0.2) is 4.99 Å². The van der Waals surface area contributed by atoms with Gasteiger partial charge in [-0.15, -0.1) is 11.8 Å². The van der Waals surface area contributed by atoms with Gasteiger partial charge in [0, 0.05) is 50.6 Å². The van der Waals surface area contributed by atoms with E-state index in [9.17, 15) is 14.4 Å². The zero-order valence-electron chi connectivity index (χ0n) is 20.8. The number of unbranched alkanes of at least 4 members (excludes halogenated alkanes) is 4. The van der Waals surface area contributed by atoms with Gasteiger partial charge >= 0.3 is 0 Å². The van der Waals surface area contributed by atoms with E-state index in [0.717, 1.165) is 50.0 Å². The van der Waals surface area contributed by atoms with Crippen molar-refractivity contribution in [3.05, 3.63) is 0 Å². The van der Waals surface area contributed by atoms with Gasteiger partial charge in [-0.05, 0) is 32.1 Å². The first-order chi connectivity index (χ1) is 14.8. The summed E-state index contributed by atoms with van der Waals surface area (Å²) >= 11 is 1.57. The zero-order chi connectivity index (χ0) is 23.6. The molecule has 0 N–H and O–H groups in total. The van der Waals surface area contributed by atoms with Crippen LogP contribution < -0.4 is 0 Å². The summed E-state index contributed by atoms with van der Waals surface area (Å²) in [6.45, 7) is 11.1. The van der Waals surface area contributed by atoms with Gasteiger partial charge in [0.25, 0.3) is 0 Å². The monoisotopic (exact) mass is 454 g/mol. The summed E-state index contributed by atoms with van der Waals surface area (Å²) in [6.07, 6.45) is 9.60. The van der Waals surface area contributed by atoms with Crippen molar-refractivity contribution in [3.63, 3.8) is 0 Å². The third-order valence-electron chi connectivity index (χ3n) is 5.60. The molecule has 1 amide bonds. The van der Waals surface area contributed by atoms with Gasteiger partial charge in [-0.25, -0.2) is 0 Å². The highest BCUT2D eigenvalue weighted by Gasteiger charge is 2.31. The smallest absolute Gasteiger partial charge is 0.222 e. The second-order valence-corrected chi connectivity index (χ2v) is 9.88. The molecule has 0 radical (unpaired) electrons. The Morgan fingerprint density at radius 2 is 1.74 bits per heavy atom. The van der Waals surface area contributed by atoms with Crippen LogP contribution in [0.5, 0.6) is 0 Å². The van der Waals surface area contributed by atoms with Crippen molar-refractivity contribution in [2.75, 3.05) is 19.3 Å². The summed E-state index contributed by atoms with van der Waals surface area (Å²) in [6, 6.07) is 0.0822. The Morgan fingerprint density at radius 1 is 1.06 bits per heavy atom. The highest BCUT2D eigenvalue weighted by molar-refractivity contribution is 8.14. The van der Waals surface area contributed by atoms with Gasteiger partial charge in [-0.2, -0.15) is 0 Å². The molecule has 0 rings (SSSR count). The minimum Gasteiger partial charge on any atom is -0.339 e. The number of amides is 1. The molecule has 31 heavy (non-hydrogen) atoms. The van der Waals surface area contributed by atoms with E-state index in [1.165, 1.54) is 12.8 Å². The molecule has 0 aliphatic heterocycles. The van der Waals surface area contributed by atoms with Gasteiger partial charge in [0.2, 0.25) is 5.91 Å². The molecule has 5 nitrogen and oxygen atoms in total. The first-order valence-electron chi connectivity index (χ1n) is 12.1. The van der Waals surface area contributed by atoms with E-state index in [1.807, 2.05) is 0 Å². The molecule has 2 unspecified atom stereocenters. The number of thioether (sulfide) groups is 1. The molecule has 0 aromatic heterocycles. The third-order valence-corrected chi connectivity index (χ3v) is 6.85. The first kappa shape index (κ1) is 29.8. The van der Waals surface area contributed by atoms with Crippen LogP contribution in [0.25, 0.3) is 0 Å². The summed E-state index contributed by atoms with van der Waals surface area (Å²) in [4.78, 5) is 42.5. The van der Waals surface area contributed by atoms with Crippen molar-refractivity contribution in [1.82, 2.24) is 4.90 Å². The Bertz CT molecular complexity index is 549. The SMILES string of the molecule is CCCCCCN(C(=O)CCCC)C(CC(CC(C)=O)C(=NC)SCCC=O)C(C)C. The van der Waals surface area contributed by atoms with Crippen molar-refractivity contribution < 1.29 is 14.4 Å². The number of rotatable bonds is 18. The third kappa shape index (κ3) is 13.1. The van der Waals surface area contributed by atoms with Crippen LogP contribution >= 0.6 is 11.8 Å². The standard InChI is InChI=1S/C25H46N2O3S/c1-7-9-11-12-15-27(24(30)14-10-8-2)23(20(3)4)19-22(18-21(5)29)25(26-6)31-17-13-16-28/h16,20,22-23H,7-15,17-19H2,1-6H3. The van der Waals surface area contributed by atoms with E-state index in [2.05, 4.69) is 37.6 Å². The molecule has 0 spiro atoms. The van der Waals surface area contributed by atoms with Crippen LogP contribution in [0.2, 0.25) is 0 Å². The zero-order valence-corrected chi connectivity index (χ0v) is 21.6. The second-order valence-electron chi connectivity index (χ2n) is 8.77. The molecule has 0 aliphatic rings. The molecule has 6 heteroatoms. The topological polar surface area (TPSA) is 66.8 Å². The number of aldehydes is 1. The van der Waals surface area contributed by atoms with E-state index in [0.29, 0.717) is 30.9 Å². The number of ketones is 1. The number of hydrogen-bond acceptors (Lipinski definition) is 5. The Balaban J connectivity index is 5.64. The predicted molar refractivity (Wildman–Crippen MR) is 134 cm³/mol. The quantitative estimate of drug-likeness (QED) is 0.111. The van der Waals surface area contributed by atoms with Crippen LogP contribution in [-0.2, 0) is 14.4 Å². The molecular formula is C25H46N2O3S. The molecule has 0 fully saturated rings. The van der Waals surface area contributed by atoms with Gasteiger partial charge in [-0.3, -0.25) is 9.79 Å². The number of hydrogen-bond donors (Lipinski definition) is 0. The van der Waals surface area contributed by atoms with Crippen molar-refractivity contribution in [1.29, 1.82) is 0 Å². The fraction of sp³-hybridized carbons (Fsp3) is 0.840. The number of carbonyl (C=O) groups is 3. The molecule has 0 heterocycles. The lowest BCUT2D eigenvalue weighted by Gasteiger charge is -2.37. The van der Waals surface area contributed by atoms with Crippen LogP contribution in [0, 0.1) is 11.8 Å². The van der Waals surface area contributed by atoms with E-state index in [4.69, 9.17) is 0 Å². The summed E-state index contributed by atoms with van der Waals surface area (Å²) < 4.78 is 0. The number of carbonyl (C=O) groups excluding carboxylic acids is 3. The Hall–Kier alpha value is -1.17. The summed E-state index contributed by atoms with van der Waals surface area (Å²) in [7, 11) is 1.76. The normalized spacial score (nSPS) is 13.8. The van der Waals surface area contributed by atoms with Crippen molar-refractivity contribution in [3.8, 4) is 0 Å². The number of nitrogens with zero attached hydrogens (tertiary/aromatic N) is 2. The van der Waals surface area contributed by atoms with Crippen molar-refractivity contribution in [2.45, 2.75) is 105 Å². The Kier molecular flexibility index (Phi) is 17.7. The molecule has 2 atom stereocenters. The highest BCUT2D eigenvalue weighted by Crippen LogP contribution is 2.28. The minimum absolute atomic E-state index is 0.0105. The van der Waals surface area contributed by atoms with Gasteiger partial charge in [-0.1, -0.05) is 53.4 Å². The molecule has 0 saturated heterocycles. The van der Waals surface area contributed by atoms with Gasteiger partial charge in [0.15, 0.2) is 0 Å². The fourth-order valence-corrected chi connectivity index (χ4v) is 4.87. The van der Waals surface area contributed by atoms with Crippen molar-refractivity contribution >= 4 is 34.8 Å². The maximum atomic E-state index is 13.2. The Labute approximate surface area is 195 Å². The van der Waals surface area contributed by atoms with E-state index >= 15 is 0 Å². The van der Waals surface area contributed by atoms with E-state index < -0.39 is 0 Å². The molecule has 0 aliphatic carbocycles. The second kappa shape index (κ2) is 18.4. The van der Waals surface area contributed by atoms with E-state index in [1.54, 1.807) is 25.7 Å². The maximum Gasteiger partial charge on any atom is 0.222 e. The van der Waals surface area contributed by atoms with Gasteiger partial charge < -0.3 is 14.5 Å². The summed E-state index contributed by atoms with van der Waals surface area (Å²) in [5.41, 5.74) is 0. The lowest BCUT2D eigenvalue weighted by molar-refractivity contribution is -0.135. The molecular weight excluding hydrogens is 408 g/mol. The predicted octanol–water partition coefficient (Wildman–Crippen LogP) is 5.95. The van der Waals surface area contributed by atoms with Crippen LogP contribution in [-0.4, -0.2) is 53.3 Å². The average molecular weight is 455 g/mol. The molecule has 0 aromatic rings. The van der Waals surface area contributed by atoms with Gasteiger partial charge in [0.05, 0.1) is 5.04 Å². The highest BCUT2D eigenvalue weighted by atomic mass is 32.2. The van der Waals surface area contributed by atoms with E-state index in [-0.39, 0.29) is 23.7 Å². The average Bonchev–Trinajstić information content (AvgIpc) is 2.72. The lowest BCUT2D eigenvalue weighted by Crippen LogP contribution is -2.45. The fourth-order valence-electron chi connectivity index (χ4n) is 3.90. The number of aliphatic imine (C=N–C) groups is 1. The van der Waals surface area contributed by atoms with Crippen LogP contribution in [0.3, 0.4) is 0 Å². The Morgan fingerprint density at radius 3 is 2.26 bits per heavy atom.